The summed E-state index contributed by atoms with van der Waals surface area (Å²) in [5, 5.41) is 11.4. The van der Waals surface area contributed by atoms with E-state index >= 15 is 0 Å². The predicted molar refractivity (Wildman–Crippen MR) is 145 cm³/mol. The van der Waals surface area contributed by atoms with Gasteiger partial charge in [0.05, 0.1) is 32.8 Å². The normalized spacial score (nSPS) is 16.9. The average molecular weight is 573 g/mol. The van der Waals surface area contributed by atoms with Gasteiger partial charge in [0.25, 0.3) is 5.91 Å². The van der Waals surface area contributed by atoms with Gasteiger partial charge in [-0.05, 0) is 61.0 Å². The molecule has 2 unspecified atom stereocenters. The maximum absolute atomic E-state index is 13.6. The van der Waals surface area contributed by atoms with Crippen LogP contribution >= 0.6 is 0 Å². The minimum absolute atomic E-state index is 0.0157. The van der Waals surface area contributed by atoms with E-state index in [1.54, 1.807) is 29.8 Å². The number of rotatable bonds is 7. The molecule has 8 nitrogen and oxygen atoms in total. The van der Waals surface area contributed by atoms with E-state index in [0.29, 0.717) is 29.4 Å². The molecule has 1 aromatic heterocycles. The molecule has 3 aromatic rings. The zero-order valence-electron chi connectivity index (χ0n) is 21.6. The quantitative estimate of drug-likeness (QED) is 0.251. The van der Waals surface area contributed by atoms with Crippen LogP contribution in [0.1, 0.15) is 46.1 Å². The molecule has 210 valence electrons. The summed E-state index contributed by atoms with van der Waals surface area (Å²) in [6.07, 6.45) is -0.0774. The third kappa shape index (κ3) is 6.21. The van der Waals surface area contributed by atoms with Gasteiger partial charge in [-0.15, -0.1) is 0 Å². The van der Waals surface area contributed by atoms with E-state index in [9.17, 15) is 27.0 Å². The largest absolute Gasteiger partial charge is 0.416 e. The number of hydrogen-bond acceptors (Lipinski definition) is 5. The molecule has 1 saturated heterocycles. The summed E-state index contributed by atoms with van der Waals surface area (Å²) in [4.78, 5) is 27.2. The molecule has 0 bridgehead atoms. The third-order valence-electron chi connectivity index (χ3n) is 6.71. The van der Waals surface area contributed by atoms with Crippen molar-refractivity contribution in [3.8, 4) is 17.3 Å². The molecule has 40 heavy (non-hydrogen) atoms. The van der Waals surface area contributed by atoms with E-state index < -0.39 is 32.8 Å². The van der Waals surface area contributed by atoms with Crippen LogP contribution in [-0.4, -0.2) is 33.8 Å². The summed E-state index contributed by atoms with van der Waals surface area (Å²) in [6.45, 7) is 2.59. The van der Waals surface area contributed by atoms with Crippen molar-refractivity contribution in [3.05, 3.63) is 87.3 Å². The highest BCUT2D eigenvalue weighted by molar-refractivity contribution is 7.98. The fourth-order valence-corrected chi connectivity index (χ4v) is 5.48. The first-order valence-corrected chi connectivity index (χ1v) is 14.1. The number of carbonyl (C=O) groups is 1. The number of aromatic nitrogens is 1. The van der Waals surface area contributed by atoms with Crippen molar-refractivity contribution in [1.82, 2.24) is 14.6 Å². The number of ether oxygens (including phenoxy) is 1. The van der Waals surface area contributed by atoms with Crippen LogP contribution in [0.25, 0.3) is 11.1 Å². The molecule has 1 amide bonds. The van der Waals surface area contributed by atoms with Crippen molar-refractivity contribution >= 4 is 21.5 Å². The summed E-state index contributed by atoms with van der Waals surface area (Å²) in [5.41, 5.74) is -0.646. The molecule has 2 heterocycles. The van der Waals surface area contributed by atoms with Gasteiger partial charge in [0.2, 0.25) is 5.43 Å². The van der Waals surface area contributed by atoms with Gasteiger partial charge in [-0.3, -0.25) is 9.59 Å². The lowest BCUT2D eigenvalue weighted by Gasteiger charge is -2.28. The molecule has 12 heteroatoms. The Hall–Kier alpha value is -4.08. The zero-order chi connectivity index (χ0) is 29.1. The molecule has 2 atom stereocenters. The lowest BCUT2D eigenvalue weighted by Crippen LogP contribution is -2.33. The highest BCUT2D eigenvalue weighted by Gasteiger charge is 2.31. The first-order chi connectivity index (χ1) is 18.9. The second kappa shape index (κ2) is 11.6. The first kappa shape index (κ1) is 28.9. The number of carbonyl (C=O) groups excluding carboxylic acids is 1. The molecule has 0 aliphatic carbocycles. The van der Waals surface area contributed by atoms with Gasteiger partial charge in [-0.1, -0.05) is 24.3 Å². The number of halogens is 3. The van der Waals surface area contributed by atoms with Gasteiger partial charge < -0.3 is 14.6 Å². The molecule has 1 fully saturated rings. The number of alkyl halides is 3. The number of nitrogens with zero attached hydrogens (tertiary/aromatic N) is 2. The van der Waals surface area contributed by atoms with Crippen molar-refractivity contribution in [2.24, 2.45) is 0 Å². The van der Waals surface area contributed by atoms with Crippen LogP contribution in [-0.2, 0) is 27.2 Å². The molecule has 1 aliphatic heterocycles. The van der Waals surface area contributed by atoms with Crippen LogP contribution < -0.4 is 15.5 Å². The minimum atomic E-state index is -4.60. The van der Waals surface area contributed by atoms with Crippen LogP contribution in [0.4, 0.5) is 13.2 Å². The van der Waals surface area contributed by atoms with E-state index in [-0.39, 0.29) is 29.3 Å². The zero-order valence-corrected chi connectivity index (χ0v) is 22.4. The minimum Gasteiger partial charge on any atom is -0.379 e. The lowest BCUT2D eigenvalue weighted by molar-refractivity contribution is -0.137. The topological polar surface area (TPSA) is 113 Å². The number of hydrogen-bond donors (Lipinski definition) is 2. The molecular formula is C28H27F3N4O4S. The Morgan fingerprint density at radius 1 is 1.25 bits per heavy atom. The Balaban J connectivity index is 1.70. The first-order valence-electron chi connectivity index (χ1n) is 12.3. The lowest BCUT2D eigenvalue weighted by atomic mass is 9.97. The summed E-state index contributed by atoms with van der Waals surface area (Å²) < 4.78 is 62.2. The van der Waals surface area contributed by atoms with Crippen LogP contribution in [0.3, 0.4) is 0 Å². The van der Waals surface area contributed by atoms with E-state index in [0.717, 1.165) is 25.0 Å². The van der Waals surface area contributed by atoms with Crippen molar-refractivity contribution in [2.45, 2.75) is 43.4 Å². The van der Waals surface area contributed by atoms with Gasteiger partial charge >= 0.3 is 6.18 Å². The number of pyridine rings is 1. The fourth-order valence-electron chi connectivity index (χ4n) is 4.64. The fraction of sp³-hybridized carbons (Fsp3) is 0.286. The predicted octanol–water partition coefficient (Wildman–Crippen LogP) is 4.19. The number of amides is 1. The molecule has 4 rings (SSSR count). The molecule has 2 N–H and O–H groups in total. The Morgan fingerprint density at radius 3 is 2.60 bits per heavy atom. The SMILES string of the molecule is C=S(=O)(NC#N)c1ccc(CNC(=O)c2cn(C3CCCOC3)c(C)c(-c3cccc(C(F)(F)F)c3)c2=O)cc1. The Labute approximate surface area is 229 Å². The second-order valence-electron chi connectivity index (χ2n) is 9.40. The number of nitrogens with one attached hydrogen (secondary N) is 2. The molecule has 0 saturated carbocycles. The Kier molecular flexibility index (Phi) is 8.37. The molecular weight excluding hydrogens is 545 g/mol. The van der Waals surface area contributed by atoms with E-state index in [1.807, 2.05) is 0 Å². The van der Waals surface area contributed by atoms with Crippen LogP contribution in [0.5, 0.6) is 0 Å². The molecule has 0 radical (unpaired) electrons. The smallest absolute Gasteiger partial charge is 0.379 e. The van der Waals surface area contributed by atoms with Crippen LogP contribution in [0.2, 0.25) is 0 Å². The summed E-state index contributed by atoms with van der Waals surface area (Å²) in [7, 11) is -2.99. The number of nitriles is 1. The van der Waals surface area contributed by atoms with Gasteiger partial charge in [0.1, 0.15) is 5.56 Å². The maximum Gasteiger partial charge on any atom is 0.416 e. The summed E-state index contributed by atoms with van der Waals surface area (Å²) in [6, 6.07) is 10.5. The summed E-state index contributed by atoms with van der Waals surface area (Å²) >= 11 is 0. The number of benzene rings is 2. The van der Waals surface area contributed by atoms with Crippen molar-refractivity contribution in [2.75, 3.05) is 13.2 Å². The van der Waals surface area contributed by atoms with Crippen molar-refractivity contribution in [1.29, 1.82) is 5.26 Å². The van der Waals surface area contributed by atoms with E-state index in [4.69, 9.17) is 10.00 Å². The van der Waals surface area contributed by atoms with Gasteiger partial charge in [0.15, 0.2) is 6.19 Å². The van der Waals surface area contributed by atoms with Crippen LogP contribution in [0, 0.1) is 18.4 Å². The second-order valence-corrected chi connectivity index (χ2v) is 11.4. The third-order valence-corrected chi connectivity index (χ3v) is 8.16. The monoisotopic (exact) mass is 572 g/mol. The van der Waals surface area contributed by atoms with Crippen LogP contribution in [0.15, 0.2) is 64.4 Å². The van der Waals surface area contributed by atoms with E-state index in [2.05, 4.69) is 15.9 Å². The van der Waals surface area contributed by atoms with Gasteiger partial charge in [-0.2, -0.15) is 18.4 Å². The van der Waals surface area contributed by atoms with Crippen molar-refractivity contribution < 1.29 is 26.9 Å². The maximum atomic E-state index is 13.6. The molecule has 2 aromatic carbocycles. The van der Waals surface area contributed by atoms with E-state index in [1.165, 1.54) is 30.5 Å². The molecule has 1 aliphatic rings. The van der Waals surface area contributed by atoms with Gasteiger partial charge in [-0.25, -0.2) is 8.93 Å². The standard InChI is InChI=1S/C28H27F3N4O4S/c1-18-25(20-5-3-6-21(13-20)28(29,30)31)26(36)24(15-35(18)22-7-4-12-39-16-22)27(37)33-14-19-8-10-23(11-9-19)40(2,38)34-17-32/h3,5-6,8-11,13,15,22H,2,4,7,12,14,16H2,1H3,(H,33,37)(H,34,38). The highest BCUT2D eigenvalue weighted by Crippen LogP contribution is 2.33. The Bertz CT molecular complexity index is 1620. The van der Waals surface area contributed by atoms with Gasteiger partial charge in [0, 0.05) is 30.6 Å². The molecule has 0 spiro atoms. The highest BCUT2D eigenvalue weighted by atomic mass is 32.2. The summed E-state index contributed by atoms with van der Waals surface area (Å²) in [5.74, 6) is 2.81. The average Bonchev–Trinajstić information content (AvgIpc) is 2.92. The van der Waals surface area contributed by atoms with Crippen molar-refractivity contribution in [3.63, 3.8) is 0 Å². The Morgan fingerprint density at radius 2 is 1.98 bits per heavy atom.